The van der Waals surface area contributed by atoms with Crippen LogP contribution < -0.4 is 5.32 Å². The summed E-state index contributed by atoms with van der Waals surface area (Å²) in [6, 6.07) is 10.9. The summed E-state index contributed by atoms with van der Waals surface area (Å²) in [5, 5.41) is 4.87. The average Bonchev–Trinajstić information content (AvgIpc) is 2.88. The number of furan rings is 1. The first-order valence-corrected chi connectivity index (χ1v) is 7.99. The Bertz CT molecular complexity index is 526. The van der Waals surface area contributed by atoms with Gasteiger partial charge in [0.05, 0.1) is 6.04 Å². The highest BCUT2D eigenvalue weighted by atomic mass is 16.3. The summed E-state index contributed by atoms with van der Waals surface area (Å²) in [5.41, 5.74) is 1.01. The molecule has 2 aromatic rings. The van der Waals surface area contributed by atoms with Crippen molar-refractivity contribution in [3.63, 3.8) is 0 Å². The molecular weight excluding hydrogens is 246 g/mol. The number of fused-ring (bicyclic) bond motifs is 1. The zero-order chi connectivity index (χ0) is 13.9. The van der Waals surface area contributed by atoms with Crippen LogP contribution in [0.15, 0.2) is 34.7 Å². The number of para-hydroxylation sites is 1. The van der Waals surface area contributed by atoms with E-state index in [0.717, 1.165) is 23.8 Å². The first-order chi connectivity index (χ1) is 9.78. The second-order valence-electron chi connectivity index (χ2n) is 6.25. The quantitative estimate of drug-likeness (QED) is 0.854. The molecule has 0 saturated heterocycles. The molecule has 3 atom stereocenters. The summed E-state index contributed by atoms with van der Waals surface area (Å²) in [5.74, 6) is 2.67. The molecule has 0 aliphatic heterocycles. The Balaban J connectivity index is 1.88. The summed E-state index contributed by atoms with van der Waals surface area (Å²) in [6.45, 7) is 5.56. The van der Waals surface area contributed by atoms with E-state index in [1.54, 1.807) is 0 Å². The van der Waals surface area contributed by atoms with E-state index in [9.17, 15) is 0 Å². The molecule has 0 bridgehead atoms. The van der Waals surface area contributed by atoms with Crippen LogP contribution in [0.1, 0.15) is 51.3 Å². The number of benzene rings is 1. The number of nitrogens with one attached hydrogen (secondary N) is 1. The lowest BCUT2D eigenvalue weighted by Gasteiger charge is -2.32. The monoisotopic (exact) mass is 271 g/mol. The fourth-order valence-electron chi connectivity index (χ4n) is 3.66. The molecule has 1 fully saturated rings. The van der Waals surface area contributed by atoms with Crippen LogP contribution in [0.4, 0.5) is 0 Å². The topological polar surface area (TPSA) is 25.2 Å². The third kappa shape index (κ3) is 2.76. The number of hydrogen-bond acceptors (Lipinski definition) is 2. The summed E-state index contributed by atoms with van der Waals surface area (Å²) >= 11 is 0. The van der Waals surface area contributed by atoms with Crippen LogP contribution in [0.5, 0.6) is 0 Å². The van der Waals surface area contributed by atoms with Gasteiger partial charge in [-0.05, 0) is 43.4 Å². The van der Waals surface area contributed by atoms with E-state index in [1.165, 1.54) is 31.1 Å². The van der Waals surface area contributed by atoms with Gasteiger partial charge < -0.3 is 9.73 Å². The van der Waals surface area contributed by atoms with E-state index in [4.69, 9.17) is 4.42 Å². The van der Waals surface area contributed by atoms with E-state index in [1.807, 2.05) is 6.07 Å². The van der Waals surface area contributed by atoms with Gasteiger partial charge in [0.15, 0.2) is 0 Å². The normalized spacial score (nSPS) is 24.9. The molecular formula is C18H25NO. The fraction of sp³-hybridized carbons (Fsp3) is 0.556. The lowest BCUT2D eigenvalue weighted by molar-refractivity contribution is 0.209. The van der Waals surface area contributed by atoms with Gasteiger partial charge in [-0.25, -0.2) is 0 Å². The first-order valence-electron chi connectivity index (χ1n) is 7.99. The van der Waals surface area contributed by atoms with Crippen molar-refractivity contribution >= 4 is 11.0 Å². The highest BCUT2D eigenvalue weighted by Crippen LogP contribution is 2.38. The molecule has 1 heterocycles. The third-order valence-electron chi connectivity index (χ3n) is 4.62. The molecule has 0 radical (unpaired) electrons. The summed E-state index contributed by atoms with van der Waals surface area (Å²) in [7, 11) is 0. The molecule has 1 aliphatic carbocycles. The molecule has 20 heavy (non-hydrogen) atoms. The fourth-order valence-corrected chi connectivity index (χ4v) is 3.66. The summed E-state index contributed by atoms with van der Waals surface area (Å²) in [4.78, 5) is 0. The molecule has 1 N–H and O–H groups in total. The Kier molecular flexibility index (Phi) is 4.11. The minimum Gasteiger partial charge on any atom is -0.459 e. The van der Waals surface area contributed by atoms with Gasteiger partial charge in [0, 0.05) is 5.39 Å². The van der Waals surface area contributed by atoms with Gasteiger partial charge in [-0.3, -0.25) is 0 Å². The average molecular weight is 271 g/mol. The Labute approximate surface area is 121 Å². The highest BCUT2D eigenvalue weighted by Gasteiger charge is 2.29. The minimum absolute atomic E-state index is 0.371. The molecule has 0 amide bonds. The van der Waals surface area contributed by atoms with Crippen LogP contribution in [-0.4, -0.2) is 6.54 Å². The Hall–Kier alpha value is -1.28. The first kappa shape index (κ1) is 13.7. The van der Waals surface area contributed by atoms with Gasteiger partial charge >= 0.3 is 0 Å². The van der Waals surface area contributed by atoms with Crippen molar-refractivity contribution in [2.24, 2.45) is 11.8 Å². The predicted octanol–water partition coefficient (Wildman–Crippen LogP) is 4.91. The molecule has 1 saturated carbocycles. The van der Waals surface area contributed by atoms with Crippen LogP contribution in [0.2, 0.25) is 0 Å². The van der Waals surface area contributed by atoms with Crippen molar-refractivity contribution in [1.82, 2.24) is 5.32 Å². The molecule has 2 nitrogen and oxygen atoms in total. The zero-order valence-corrected chi connectivity index (χ0v) is 12.6. The maximum atomic E-state index is 6.11. The third-order valence-corrected chi connectivity index (χ3v) is 4.62. The van der Waals surface area contributed by atoms with Crippen molar-refractivity contribution in [2.75, 3.05) is 6.54 Å². The van der Waals surface area contributed by atoms with E-state index in [0.29, 0.717) is 12.0 Å². The second kappa shape index (κ2) is 6.01. The Morgan fingerprint density at radius 2 is 2.15 bits per heavy atom. The van der Waals surface area contributed by atoms with Crippen LogP contribution in [-0.2, 0) is 0 Å². The van der Waals surface area contributed by atoms with Crippen LogP contribution in [0.25, 0.3) is 11.0 Å². The van der Waals surface area contributed by atoms with Crippen molar-refractivity contribution in [1.29, 1.82) is 0 Å². The van der Waals surface area contributed by atoms with Gasteiger partial charge in [-0.2, -0.15) is 0 Å². The van der Waals surface area contributed by atoms with Crippen molar-refractivity contribution in [3.8, 4) is 0 Å². The zero-order valence-electron chi connectivity index (χ0n) is 12.6. The van der Waals surface area contributed by atoms with E-state index in [-0.39, 0.29) is 0 Å². The molecule has 1 aliphatic rings. The SMILES string of the molecule is CCNC(c1cc2ccccc2o1)C1CCCC(C)C1. The van der Waals surface area contributed by atoms with Crippen LogP contribution in [0.3, 0.4) is 0 Å². The smallest absolute Gasteiger partial charge is 0.134 e. The van der Waals surface area contributed by atoms with E-state index in [2.05, 4.69) is 43.4 Å². The summed E-state index contributed by atoms with van der Waals surface area (Å²) < 4.78 is 6.11. The molecule has 2 heteroatoms. The van der Waals surface area contributed by atoms with Gasteiger partial charge in [0.25, 0.3) is 0 Å². The summed E-state index contributed by atoms with van der Waals surface area (Å²) in [6.07, 6.45) is 5.37. The van der Waals surface area contributed by atoms with Gasteiger partial charge in [-0.15, -0.1) is 0 Å². The predicted molar refractivity (Wildman–Crippen MR) is 83.8 cm³/mol. The largest absolute Gasteiger partial charge is 0.459 e. The standard InChI is InChI=1S/C18H25NO/c1-3-19-18(15-9-6-7-13(2)11-15)17-12-14-8-4-5-10-16(14)20-17/h4-5,8,10,12-13,15,18-19H,3,6-7,9,11H2,1-2H3. The van der Waals surface area contributed by atoms with E-state index < -0.39 is 0 Å². The van der Waals surface area contributed by atoms with Gasteiger partial charge in [-0.1, -0.05) is 44.9 Å². The van der Waals surface area contributed by atoms with Crippen molar-refractivity contribution < 1.29 is 4.42 Å². The molecule has 1 aromatic heterocycles. The maximum Gasteiger partial charge on any atom is 0.134 e. The van der Waals surface area contributed by atoms with Crippen LogP contribution >= 0.6 is 0 Å². The van der Waals surface area contributed by atoms with E-state index >= 15 is 0 Å². The lowest BCUT2D eigenvalue weighted by atomic mass is 9.78. The van der Waals surface area contributed by atoms with Crippen LogP contribution in [0, 0.1) is 11.8 Å². The maximum absolute atomic E-state index is 6.11. The molecule has 3 rings (SSSR count). The molecule has 3 unspecified atom stereocenters. The van der Waals surface area contributed by atoms with Crippen molar-refractivity contribution in [3.05, 3.63) is 36.1 Å². The molecule has 0 spiro atoms. The number of rotatable bonds is 4. The molecule has 1 aromatic carbocycles. The minimum atomic E-state index is 0.371. The number of hydrogen-bond donors (Lipinski definition) is 1. The Morgan fingerprint density at radius 3 is 2.90 bits per heavy atom. The van der Waals surface area contributed by atoms with Gasteiger partial charge in [0.1, 0.15) is 11.3 Å². The Morgan fingerprint density at radius 1 is 1.30 bits per heavy atom. The second-order valence-corrected chi connectivity index (χ2v) is 6.25. The van der Waals surface area contributed by atoms with Gasteiger partial charge in [0.2, 0.25) is 0 Å². The molecule has 108 valence electrons. The lowest BCUT2D eigenvalue weighted by Crippen LogP contribution is -2.30. The highest BCUT2D eigenvalue weighted by molar-refractivity contribution is 5.77. The van der Waals surface area contributed by atoms with Crippen molar-refractivity contribution in [2.45, 2.75) is 45.6 Å².